The van der Waals surface area contributed by atoms with Gasteiger partial charge in [0.2, 0.25) is 0 Å². The summed E-state index contributed by atoms with van der Waals surface area (Å²) < 4.78 is 4.40. The van der Waals surface area contributed by atoms with Gasteiger partial charge in [0.05, 0.1) is 16.6 Å². The standard InChI is InChI=1S/C32H24N4.C3H6/c33-20-22-8-4-5-11-24(22)32(34)36-30-13-7-6-12-25(30)28-19-27-21(18-31(28)36)14-15-29-26(27)16-17-35(29)23-9-2-1-3-10-23;1-3-2/h1-20H,33-34H2;3H,1H2,2H3/b22-20-,32-24+;. The van der Waals surface area contributed by atoms with Crippen LogP contribution in [-0.2, 0) is 0 Å². The highest BCUT2D eigenvalue weighted by Crippen LogP contribution is 2.36. The van der Waals surface area contributed by atoms with E-state index in [1.54, 1.807) is 12.3 Å². The molecule has 0 radical (unpaired) electrons. The van der Waals surface area contributed by atoms with Crippen LogP contribution in [0.1, 0.15) is 6.92 Å². The second-order valence-corrected chi connectivity index (χ2v) is 9.51. The summed E-state index contributed by atoms with van der Waals surface area (Å²) in [6.45, 7) is 5.25. The van der Waals surface area contributed by atoms with Crippen molar-refractivity contribution in [2.24, 2.45) is 11.5 Å². The topological polar surface area (TPSA) is 61.9 Å². The number of nitrogens with zero attached hydrogens (tertiary/aromatic N) is 2. The molecule has 0 aliphatic rings. The van der Waals surface area contributed by atoms with Crippen molar-refractivity contribution in [2.45, 2.75) is 6.92 Å². The van der Waals surface area contributed by atoms with Gasteiger partial charge in [-0.2, -0.15) is 0 Å². The molecule has 2 aromatic heterocycles. The van der Waals surface area contributed by atoms with Crippen molar-refractivity contribution in [2.75, 3.05) is 0 Å². The minimum absolute atomic E-state index is 0.661. The highest BCUT2D eigenvalue weighted by Gasteiger charge is 2.15. The summed E-state index contributed by atoms with van der Waals surface area (Å²) in [6.07, 6.45) is 5.51. The molecule has 4 heteroatoms. The summed E-state index contributed by atoms with van der Waals surface area (Å²) in [5.41, 5.74) is 17.3. The number of rotatable bonds is 2. The summed E-state index contributed by atoms with van der Waals surface area (Å²) in [4.78, 5) is 0. The number of hydrogen-bond acceptors (Lipinski definition) is 2. The molecule has 0 unspecified atom stereocenters. The van der Waals surface area contributed by atoms with Gasteiger partial charge in [-0.25, -0.2) is 0 Å². The van der Waals surface area contributed by atoms with Gasteiger partial charge in [-0.05, 0) is 60.2 Å². The number of fused-ring (bicyclic) bond motifs is 6. The van der Waals surface area contributed by atoms with Gasteiger partial charge in [-0.1, -0.05) is 72.8 Å². The van der Waals surface area contributed by atoms with Crippen molar-refractivity contribution in [1.29, 1.82) is 0 Å². The third-order valence-electron chi connectivity index (χ3n) is 7.17. The van der Waals surface area contributed by atoms with E-state index in [4.69, 9.17) is 11.5 Å². The average Bonchev–Trinajstić information content (AvgIpc) is 3.56. The maximum Gasteiger partial charge on any atom is 0.116 e. The van der Waals surface area contributed by atoms with Crippen LogP contribution in [0, 0.1) is 0 Å². The predicted molar refractivity (Wildman–Crippen MR) is 167 cm³/mol. The molecule has 0 saturated carbocycles. The largest absolute Gasteiger partial charge is 0.404 e. The Morgan fingerprint density at radius 1 is 0.692 bits per heavy atom. The third kappa shape index (κ3) is 3.94. The van der Waals surface area contributed by atoms with Crippen molar-refractivity contribution >= 4 is 55.5 Å². The summed E-state index contributed by atoms with van der Waals surface area (Å²) >= 11 is 0. The van der Waals surface area contributed by atoms with Crippen LogP contribution >= 0.6 is 0 Å². The molecule has 0 spiro atoms. The monoisotopic (exact) mass is 506 g/mol. The molecular weight excluding hydrogens is 476 g/mol. The van der Waals surface area contributed by atoms with E-state index in [-0.39, 0.29) is 0 Å². The van der Waals surface area contributed by atoms with E-state index in [0.29, 0.717) is 5.82 Å². The SMILES string of the molecule is C=CC.N/C=c1/cccc/c1=C(/N)n1c2ccccc2c2cc3c(ccc4c3ccn4-c3ccccc3)cc21. The van der Waals surface area contributed by atoms with Crippen LogP contribution in [0.4, 0.5) is 0 Å². The van der Waals surface area contributed by atoms with Crippen LogP contribution < -0.4 is 21.9 Å². The van der Waals surface area contributed by atoms with E-state index in [0.717, 1.165) is 27.2 Å². The zero-order chi connectivity index (χ0) is 26.9. The summed E-state index contributed by atoms with van der Waals surface area (Å²) in [5.74, 6) is 0.661. The molecule has 0 aliphatic heterocycles. The van der Waals surface area contributed by atoms with Crippen molar-refractivity contribution in [3.8, 4) is 5.69 Å². The van der Waals surface area contributed by atoms with Crippen LogP contribution in [-0.4, -0.2) is 9.13 Å². The lowest BCUT2D eigenvalue weighted by molar-refractivity contribution is 1.13. The first-order chi connectivity index (χ1) is 19.2. The molecule has 190 valence electrons. The third-order valence-corrected chi connectivity index (χ3v) is 7.17. The molecule has 4 nitrogen and oxygen atoms in total. The van der Waals surface area contributed by atoms with Gasteiger partial charge in [-0.15, -0.1) is 6.58 Å². The lowest BCUT2D eigenvalue weighted by Crippen LogP contribution is -2.32. The first-order valence-electron chi connectivity index (χ1n) is 13.0. The second-order valence-electron chi connectivity index (χ2n) is 9.51. The summed E-state index contributed by atoms with van der Waals surface area (Å²) in [6, 6.07) is 38.1. The first-order valence-corrected chi connectivity index (χ1v) is 13.0. The molecule has 0 amide bonds. The van der Waals surface area contributed by atoms with Crippen LogP contribution in [0.15, 0.2) is 128 Å². The quantitative estimate of drug-likeness (QED) is 0.268. The number of para-hydroxylation sites is 2. The van der Waals surface area contributed by atoms with Gasteiger partial charge in [0.25, 0.3) is 0 Å². The maximum atomic E-state index is 6.87. The minimum atomic E-state index is 0.661. The average molecular weight is 507 g/mol. The smallest absolute Gasteiger partial charge is 0.116 e. The van der Waals surface area contributed by atoms with Gasteiger partial charge in [0.15, 0.2) is 0 Å². The maximum absolute atomic E-state index is 6.87. The lowest BCUT2D eigenvalue weighted by atomic mass is 10.0. The van der Waals surface area contributed by atoms with Gasteiger partial charge in [-0.3, -0.25) is 4.57 Å². The Kier molecular flexibility index (Phi) is 6.14. The molecule has 0 bridgehead atoms. The van der Waals surface area contributed by atoms with E-state index < -0.39 is 0 Å². The molecular formula is C35H30N4. The van der Waals surface area contributed by atoms with Gasteiger partial charge in [0.1, 0.15) is 5.82 Å². The van der Waals surface area contributed by atoms with Crippen molar-refractivity contribution in [3.05, 3.63) is 138 Å². The fourth-order valence-corrected chi connectivity index (χ4v) is 5.48. The number of benzene rings is 5. The Bertz CT molecular complexity index is 2110. The van der Waals surface area contributed by atoms with Crippen LogP contribution in [0.3, 0.4) is 0 Å². The van der Waals surface area contributed by atoms with Gasteiger partial charge >= 0.3 is 0 Å². The number of allylic oxidation sites excluding steroid dienone is 1. The number of nitrogens with two attached hydrogens (primary N) is 2. The van der Waals surface area contributed by atoms with Crippen molar-refractivity contribution in [3.63, 3.8) is 0 Å². The van der Waals surface area contributed by atoms with Crippen LogP contribution in [0.25, 0.3) is 61.2 Å². The molecule has 0 fully saturated rings. The Hall–Kier alpha value is -5.22. The predicted octanol–water partition coefficient (Wildman–Crippen LogP) is 6.35. The molecule has 39 heavy (non-hydrogen) atoms. The van der Waals surface area contributed by atoms with E-state index in [2.05, 4.69) is 101 Å². The van der Waals surface area contributed by atoms with Gasteiger partial charge < -0.3 is 16.0 Å². The van der Waals surface area contributed by atoms with Crippen LogP contribution in [0.2, 0.25) is 0 Å². The Balaban J connectivity index is 0.000000883. The van der Waals surface area contributed by atoms with E-state index in [1.165, 1.54) is 32.4 Å². The second kappa shape index (κ2) is 9.92. The minimum Gasteiger partial charge on any atom is -0.404 e. The van der Waals surface area contributed by atoms with E-state index >= 15 is 0 Å². The normalized spacial score (nSPS) is 12.6. The highest BCUT2D eigenvalue weighted by atomic mass is 15.1. The molecule has 4 N–H and O–H groups in total. The number of hydrogen-bond donors (Lipinski definition) is 2. The number of aromatic nitrogens is 2. The van der Waals surface area contributed by atoms with E-state index in [1.807, 2.05) is 37.3 Å². The molecule has 2 heterocycles. The van der Waals surface area contributed by atoms with Crippen LogP contribution in [0.5, 0.6) is 0 Å². The molecule has 0 aliphatic carbocycles. The van der Waals surface area contributed by atoms with Crippen molar-refractivity contribution < 1.29 is 0 Å². The first kappa shape index (κ1) is 24.1. The Morgan fingerprint density at radius 3 is 2.18 bits per heavy atom. The molecule has 0 atom stereocenters. The molecule has 0 saturated heterocycles. The molecule has 7 aromatic rings. The zero-order valence-electron chi connectivity index (χ0n) is 21.9. The Morgan fingerprint density at radius 2 is 1.38 bits per heavy atom. The molecule has 7 rings (SSSR count). The Labute approximate surface area is 227 Å². The van der Waals surface area contributed by atoms with Gasteiger partial charge in [0, 0.05) is 44.7 Å². The summed E-state index contributed by atoms with van der Waals surface area (Å²) in [7, 11) is 0. The fraction of sp³-hybridized carbons (Fsp3) is 0.0286. The summed E-state index contributed by atoms with van der Waals surface area (Å²) in [5, 5.41) is 7.81. The molecule has 5 aromatic carbocycles. The zero-order valence-corrected chi connectivity index (χ0v) is 21.9. The fourth-order valence-electron chi connectivity index (χ4n) is 5.48. The highest BCUT2D eigenvalue weighted by molar-refractivity contribution is 6.18. The lowest BCUT2D eigenvalue weighted by Gasteiger charge is -2.10. The van der Waals surface area contributed by atoms with Crippen molar-refractivity contribution in [1.82, 2.24) is 9.13 Å². The van der Waals surface area contributed by atoms with E-state index in [9.17, 15) is 0 Å².